The number of hydrogen-bond donors (Lipinski definition) is 2. The van der Waals surface area contributed by atoms with Crippen molar-refractivity contribution >= 4 is 23.9 Å². The lowest BCUT2D eigenvalue weighted by molar-refractivity contribution is -0.138. The minimum absolute atomic E-state index is 0.0927. The van der Waals surface area contributed by atoms with Crippen LogP contribution in [0.4, 0.5) is 0 Å². The van der Waals surface area contributed by atoms with E-state index in [1.54, 1.807) is 0 Å². The van der Waals surface area contributed by atoms with Crippen LogP contribution in [0.2, 0.25) is 0 Å². The van der Waals surface area contributed by atoms with Crippen molar-refractivity contribution in [3.8, 4) is 17.2 Å². The van der Waals surface area contributed by atoms with Crippen molar-refractivity contribution in [2.45, 2.75) is 155 Å². The summed E-state index contributed by atoms with van der Waals surface area (Å²) in [5.74, 6) is -3.26. The first kappa shape index (κ1) is 37.2. The standard InChI is InChI=1S/C34H52O10/c1-4-7-10-13-16-30(37)42-28-19-24(34(40)41-27-22-25(35)21-26(36)23-27)20-29(43-31(38)17-14-11-8-5-2)33(28)44-32(39)18-15-12-9-6-3/h19-20,25-27,35-36H,4-18,21-23H2,1-3H3. The molecule has 0 aromatic heterocycles. The summed E-state index contributed by atoms with van der Waals surface area (Å²) in [6, 6.07) is 2.47. The highest BCUT2D eigenvalue weighted by Gasteiger charge is 2.31. The van der Waals surface area contributed by atoms with E-state index in [-0.39, 0.29) is 61.3 Å². The van der Waals surface area contributed by atoms with Gasteiger partial charge in [-0.25, -0.2) is 4.79 Å². The van der Waals surface area contributed by atoms with Gasteiger partial charge in [-0.15, -0.1) is 0 Å². The molecule has 0 spiro atoms. The van der Waals surface area contributed by atoms with Gasteiger partial charge >= 0.3 is 23.9 Å². The SMILES string of the molecule is CCCCCCC(=O)Oc1cc(C(=O)OC2CC(O)CC(O)C2)cc(OC(=O)CCCCCC)c1OC(=O)CCCCCC. The van der Waals surface area contributed by atoms with Gasteiger partial charge in [-0.2, -0.15) is 0 Å². The molecule has 1 aromatic carbocycles. The van der Waals surface area contributed by atoms with E-state index in [1.165, 1.54) is 12.1 Å². The second-order valence-corrected chi connectivity index (χ2v) is 11.7. The largest absolute Gasteiger partial charge is 0.459 e. The van der Waals surface area contributed by atoms with Crippen molar-refractivity contribution in [2.75, 3.05) is 0 Å². The van der Waals surface area contributed by atoms with E-state index in [4.69, 9.17) is 18.9 Å². The zero-order valence-electron chi connectivity index (χ0n) is 26.8. The minimum atomic E-state index is -0.825. The van der Waals surface area contributed by atoms with E-state index < -0.39 is 42.2 Å². The van der Waals surface area contributed by atoms with Crippen LogP contribution >= 0.6 is 0 Å². The summed E-state index contributed by atoms with van der Waals surface area (Å²) in [5, 5.41) is 20.1. The van der Waals surface area contributed by atoms with Crippen LogP contribution in [0.15, 0.2) is 12.1 Å². The maximum Gasteiger partial charge on any atom is 0.338 e. The Hall–Kier alpha value is -2.98. The van der Waals surface area contributed by atoms with Gasteiger partial charge in [-0.1, -0.05) is 78.6 Å². The van der Waals surface area contributed by atoms with Crippen LogP contribution in [0, 0.1) is 0 Å². The monoisotopic (exact) mass is 620 g/mol. The number of aliphatic hydroxyl groups excluding tert-OH is 2. The van der Waals surface area contributed by atoms with Gasteiger partial charge in [0, 0.05) is 32.1 Å². The molecule has 2 unspecified atom stereocenters. The van der Waals surface area contributed by atoms with Gasteiger partial charge in [0.05, 0.1) is 17.8 Å². The molecular weight excluding hydrogens is 568 g/mol. The molecule has 1 aromatic rings. The van der Waals surface area contributed by atoms with Crippen molar-refractivity contribution in [3.05, 3.63) is 17.7 Å². The zero-order chi connectivity index (χ0) is 32.3. The van der Waals surface area contributed by atoms with Gasteiger partial charge in [0.1, 0.15) is 6.10 Å². The Morgan fingerprint density at radius 2 is 1.02 bits per heavy atom. The van der Waals surface area contributed by atoms with Gasteiger partial charge in [-0.05, 0) is 37.8 Å². The Morgan fingerprint density at radius 3 is 1.43 bits per heavy atom. The number of hydrogen-bond acceptors (Lipinski definition) is 10. The average Bonchev–Trinajstić information content (AvgIpc) is 2.96. The Kier molecular flexibility index (Phi) is 17.7. The van der Waals surface area contributed by atoms with Crippen molar-refractivity contribution in [1.29, 1.82) is 0 Å². The van der Waals surface area contributed by atoms with E-state index in [2.05, 4.69) is 20.8 Å². The fourth-order valence-corrected chi connectivity index (χ4v) is 5.07. The molecule has 0 saturated heterocycles. The average molecular weight is 621 g/mol. The Labute approximate surface area is 261 Å². The number of aliphatic hydroxyl groups is 2. The van der Waals surface area contributed by atoms with E-state index in [9.17, 15) is 29.4 Å². The topological polar surface area (TPSA) is 146 Å². The van der Waals surface area contributed by atoms with Crippen LogP contribution < -0.4 is 14.2 Å². The molecule has 1 saturated carbocycles. The molecule has 1 aliphatic carbocycles. The van der Waals surface area contributed by atoms with Crippen LogP contribution in [0.25, 0.3) is 0 Å². The number of ether oxygens (including phenoxy) is 4. The Bertz CT molecular complexity index is 995. The summed E-state index contributed by atoms with van der Waals surface area (Å²) in [7, 11) is 0. The van der Waals surface area contributed by atoms with Crippen molar-refractivity contribution in [3.63, 3.8) is 0 Å². The molecular formula is C34H52O10. The molecule has 0 radical (unpaired) electrons. The summed E-state index contributed by atoms with van der Waals surface area (Å²) in [4.78, 5) is 51.7. The molecule has 0 bridgehead atoms. The lowest BCUT2D eigenvalue weighted by Crippen LogP contribution is -2.35. The van der Waals surface area contributed by atoms with E-state index in [0.29, 0.717) is 19.3 Å². The summed E-state index contributed by atoms with van der Waals surface area (Å²) in [6.07, 6.45) is 8.76. The van der Waals surface area contributed by atoms with Gasteiger partial charge in [0.2, 0.25) is 5.75 Å². The number of rotatable bonds is 20. The number of benzene rings is 1. The van der Waals surface area contributed by atoms with Crippen LogP contribution in [0.1, 0.15) is 147 Å². The van der Waals surface area contributed by atoms with Gasteiger partial charge < -0.3 is 29.2 Å². The van der Waals surface area contributed by atoms with Gasteiger partial charge in [0.25, 0.3) is 0 Å². The predicted molar refractivity (Wildman–Crippen MR) is 165 cm³/mol. The maximum atomic E-state index is 13.3. The third-order valence-corrected chi connectivity index (χ3v) is 7.51. The smallest absolute Gasteiger partial charge is 0.338 e. The first-order valence-corrected chi connectivity index (χ1v) is 16.5. The quantitative estimate of drug-likeness (QED) is 0.0912. The molecule has 2 atom stereocenters. The highest BCUT2D eigenvalue weighted by molar-refractivity contribution is 5.92. The molecule has 0 aliphatic heterocycles. The van der Waals surface area contributed by atoms with Crippen LogP contribution in [0.5, 0.6) is 17.2 Å². The second kappa shape index (κ2) is 20.9. The molecule has 0 heterocycles. The van der Waals surface area contributed by atoms with E-state index in [1.807, 2.05) is 0 Å². The minimum Gasteiger partial charge on any atom is -0.459 e. The molecule has 44 heavy (non-hydrogen) atoms. The Balaban J connectivity index is 2.40. The lowest BCUT2D eigenvalue weighted by Gasteiger charge is -2.29. The lowest BCUT2D eigenvalue weighted by atomic mass is 9.92. The zero-order valence-corrected chi connectivity index (χ0v) is 26.8. The van der Waals surface area contributed by atoms with Crippen LogP contribution in [-0.4, -0.2) is 52.4 Å². The van der Waals surface area contributed by atoms with Crippen molar-refractivity contribution in [1.82, 2.24) is 0 Å². The summed E-state index contributed by atoms with van der Waals surface area (Å²) in [5.41, 5.74) is -0.0927. The number of carbonyl (C=O) groups excluding carboxylic acids is 4. The highest BCUT2D eigenvalue weighted by Crippen LogP contribution is 2.40. The second-order valence-electron chi connectivity index (χ2n) is 11.7. The predicted octanol–water partition coefficient (Wildman–Crippen LogP) is 6.75. The first-order valence-electron chi connectivity index (χ1n) is 16.5. The molecule has 1 fully saturated rings. The summed E-state index contributed by atoms with van der Waals surface area (Å²) >= 11 is 0. The molecule has 248 valence electrons. The Morgan fingerprint density at radius 1 is 0.614 bits per heavy atom. The van der Waals surface area contributed by atoms with Crippen LogP contribution in [-0.2, 0) is 19.1 Å². The number of esters is 4. The number of carbonyl (C=O) groups is 4. The van der Waals surface area contributed by atoms with Crippen LogP contribution in [0.3, 0.4) is 0 Å². The molecule has 2 N–H and O–H groups in total. The van der Waals surface area contributed by atoms with Gasteiger partial charge in [0.15, 0.2) is 11.5 Å². The summed E-state index contributed by atoms with van der Waals surface area (Å²) < 4.78 is 22.5. The first-order chi connectivity index (χ1) is 21.2. The molecule has 10 nitrogen and oxygen atoms in total. The third-order valence-electron chi connectivity index (χ3n) is 7.51. The maximum absolute atomic E-state index is 13.3. The van der Waals surface area contributed by atoms with E-state index >= 15 is 0 Å². The fourth-order valence-electron chi connectivity index (χ4n) is 5.07. The van der Waals surface area contributed by atoms with E-state index in [0.717, 1.165) is 57.8 Å². The normalized spacial score (nSPS) is 18.0. The molecule has 10 heteroatoms. The van der Waals surface area contributed by atoms with Crippen molar-refractivity contribution in [2.24, 2.45) is 0 Å². The third kappa shape index (κ3) is 14.2. The highest BCUT2D eigenvalue weighted by atomic mass is 16.6. The fraction of sp³-hybridized carbons (Fsp3) is 0.706. The van der Waals surface area contributed by atoms with Crippen molar-refractivity contribution < 1.29 is 48.3 Å². The van der Waals surface area contributed by atoms with Gasteiger partial charge in [-0.3, -0.25) is 14.4 Å². The number of unbranched alkanes of at least 4 members (excludes halogenated alkanes) is 9. The molecule has 0 amide bonds. The molecule has 1 aliphatic rings. The molecule has 2 rings (SSSR count). The summed E-state index contributed by atoms with van der Waals surface area (Å²) in [6.45, 7) is 6.19.